The molecule has 0 aromatic heterocycles. The Morgan fingerprint density at radius 3 is 2.68 bits per heavy atom. The Morgan fingerprint density at radius 1 is 1.42 bits per heavy atom. The van der Waals surface area contributed by atoms with Gasteiger partial charge in [0.15, 0.2) is 0 Å². The number of rotatable bonds is 2. The number of anilines is 1. The van der Waals surface area contributed by atoms with Gasteiger partial charge in [-0.2, -0.15) is 13.2 Å². The second-order valence-corrected chi connectivity index (χ2v) is 4.74. The van der Waals surface area contributed by atoms with Gasteiger partial charge in [0.1, 0.15) is 0 Å². The van der Waals surface area contributed by atoms with E-state index in [0.29, 0.717) is 6.42 Å². The topological polar surface area (TPSA) is 41.1 Å². The molecule has 19 heavy (non-hydrogen) atoms. The van der Waals surface area contributed by atoms with Crippen molar-refractivity contribution in [2.45, 2.75) is 25.1 Å². The van der Waals surface area contributed by atoms with E-state index in [1.807, 2.05) is 0 Å². The molecule has 1 aliphatic heterocycles. The number of carbonyl (C=O) groups is 1. The molecule has 1 heterocycles. The van der Waals surface area contributed by atoms with Crippen LogP contribution in [0.5, 0.6) is 0 Å². The maximum absolute atomic E-state index is 12.5. The second-order valence-electron chi connectivity index (χ2n) is 4.33. The van der Waals surface area contributed by atoms with Gasteiger partial charge in [-0.05, 0) is 37.6 Å². The van der Waals surface area contributed by atoms with Crippen LogP contribution in [0.3, 0.4) is 0 Å². The molecule has 1 atom stereocenters. The fraction of sp³-hybridized carbons (Fsp3) is 0.417. The van der Waals surface area contributed by atoms with Crippen molar-refractivity contribution in [3.05, 3.63) is 28.8 Å². The van der Waals surface area contributed by atoms with E-state index >= 15 is 0 Å². The van der Waals surface area contributed by atoms with Crippen molar-refractivity contribution in [1.82, 2.24) is 5.32 Å². The summed E-state index contributed by atoms with van der Waals surface area (Å²) in [6.45, 7) is 0.763. The van der Waals surface area contributed by atoms with E-state index in [1.165, 1.54) is 0 Å². The Kier molecular flexibility index (Phi) is 4.01. The van der Waals surface area contributed by atoms with Crippen LogP contribution < -0.4 is 10.6 Å². The van der Waals surface area contributed by atoms with Crippen molar-refractivity contribution >= 4 is 23.2 Å². The third-order valence-electron chi connectivity index (χ3n) is 2.93. The summed E-state index contributed by atoms with van der Waals surface area (Å²) in [5.74, 6) is -0.279. The molecule has 0 aliphatic carbocycles. The average molecular weight is 293 g/mol. The van der Waals surface area contributed by atoms with Gasteiger partial charge in [0.05, 0.1) is 22.3 Å². The third kappa shape index (κ3) is 3.39. The lowest BCUT2D eigenvalue weighted by Crippen LogP contribution is -2.35. The van der Waals surface area contributed by atoms with E-state index in [9.17, 15) is 18.0 Å². The Morgan fingerprint density at radius 2 is 2.16 bits per heavy atom. The second kappa shape index (κ2) is 5.38. The molecule has 0 saturated carbocycles. The summed E-state index contributed by atoms with van der Waals surface area (Å²) in [5.41, 5.74) is -0.650. The highest BCUT2D eigenvalue weighted by Gasteiger charge is 2.31. The average Bonchev–Trinajstić information content (AvgIpc) is 2.84. The molecule has 0 radical (unpaired) electrons. The molecule has 104 valence electrons. The zero-order valence-electron chi connectivity index (χ0n) is 9.85. The van der Waals surface area contributed by atoms with Crippen LogP contribution in [-0.2, 0) is 11.0 Å². The molecule has 1 saturated heterocycles. The van der Waals surface area contributed by atoms with Gasteiger partial charge in [-0.3, -0.25) is 4.79 Å². The molecule has 1 aromatic carbocycles. The zero-order chi connectivity index (χ0) is 14.0. The van der Waals surface area contributed by atoms with Gasteiger partial charge >= 0.3 is 6.18 Å². The molecular weight excluding hydrogens is 281 g/mol. The third-order valence-corrected chi connectivity index (χ3v) is 3.24. The van der Waals surface area contributed by atoms with Crippen LogP contribution in [-0.4, -0.2) is 18.5 Å². The highest BCUT2D eigenvalue weighted by atomic mass is 35.5. The first-order valence-electron chi connectivity index (χ1n) is 5.79. The molecule has 0 bridgehead atoms. The van der Waals surface area contributed by atoms with E-state index in [4.69, 9.17) is 11.6 Å². The van der Waals surface area contributed by atoms with Crippen molar-refractivity contribution in [3.63, 3.8) is 0 Å². The minimum absolute atomic E-state index is 0.124. The lowest BCUT2D eigenvalue weighted by Gasteiger charge is -2.13. The summed E-state index contributed by atoms with van der Waals surface area (Å²) in [7, 11) is 0. The van der Waals surface area contributed by atoms with Gasteiger partial charge < -0.3 is 10.6 Å². The van der Waals surface area contributed by atoms with Crippen molar-refractivity contribution < 1.29 is 18.0 Å². The zero-order valence-corrected chi connectivity index (χ0v) is 10.6. The Bertz CT molecular complexity index is 484. The standard InChI is InChI=1S/C12H12ClF3N2O/c13-8-6-7(12(14,15)16)3-4-9(8)18-11(19)10-2-1-5-17-10/h3-4,6,10,17H,1-2,5H2,(H,18,19)/t10-/m0/s1. The van der Waals surface area contributed by atoms with Crippen molar-refractivity contribution in [3.8, 4) is 0 Å². The van der Waals surface area contributed by atoms with Crippen molar-refractivity contribution in [1.29, 1.82) is 0 Å². The van der Waals surface area contributed by atoms with E-state index in [0.717, 1.165) is 31.2 Å². The number of halogens is 4. The number of amides is 1. The van der Waals surface area contributed by atoms with Crippen LogP contribution in [0, 0.1) is 0 Å². The molecule has 0 spiro atoms. The van der Waals surface area contributed by atoms with Gasteiger partial charge in [0, 0.05) is 0 Å². The van der Waals surface area contributed by atoms with Crippen LogP contribution in [0.25, 0.3) is 0 Å². The minimum atomic E-state index is -4.45. The monoisotopic (exact) mass is 292 g/mol. The quantitative estimate of drug-likeness (QED) is 0.879. The number of alkyl halides is 3. The summed E-state index contributed by atoms with van der Waals surface area (Å²) in [6.07, 6.45) is -2.83. The first-order valence-corrected chi connectivity index (χ1v) is 6.17. The lowest BCUT2D eigenvalue weighted by atomic mass is 10.1. The summed E-state index contributed by atoms with van der Waals surface area (Å²) in [6, 6.07) is 2.55. The van der Waals surface area contributed by atoms with Crippen LogP contribution in [0.4, 0.5) is 18.9 Å². The molecular formula is C12H12ClF3N2O. The van der Waals surface area contributed by atoms with E-state index in [2.05, 4.69) is 10.6 Å². The first-order chi connectivity index (χ1) is 8.88. The Balaban J connectivity index is 2.11. The summed E-state index contributed by atoms with van der Waals surface area (Å²) >= 11 is 5.75. The van der Waals surface area contributed by atoms with Gasteiger partial charge in [0.2, 0.25) is 5.91 Å². The number of benzene rings is 1. The molecule has 7 heteroatoms. The fourth-order valence-corrected chi connectivity index (χ4v) is 2.15. The molecule has 1 aliphatic rings. The number of carbonyl (C=O) groups excluding carboxylic acids is 1. The van der Waals surface area contributed by atoms with E-state index in [1.54, 1.807) is 0 Å². The fourth-order valence-electron chi connectivity index (χ4n) is 1.92. The Hall–Kier alpha value is -1.27. The number of nitrogens with one attached hydrogen (secondary N) is 2. The van der Waals surface area contributed by atoms with E-state index in [-0.39, 0.29) is 22.7 Å². The summed E-state index contributed by atoms with van der Waals surface area (Å²) in [5, 5.41) is 5.40. The summed E-state index contributed by atoms with van der Waals surface area (Å²) in [4.78, 5) is 11.8. The van der Waals surface area contributed by atoms with Crippen molar-refractivity contribution in [2.75, 3.05) is 11.9 Å². The maximum Gasteiger partial charge on any atom is 0.416 e. The molecule has 2 rings (SSSR count). The minimum Gasteiger partial charge on any atom is -0.323 e. The predicted octanol–water partition coefficient (Wildman–Crippen LogP) is 3.05. The van der Waals surface area contributed by atoms with Crippen molar-refractivity contribution in [2.24, 2.45) is 0 Å². The molecule has 0 unspecified atom stereocenters. The lowest BCUT2D eigenvalue weighted by molar-refractivity contribution is -0.137. The van der Waals surface area contributed by atoms with Crippen LogP contribution in [0.1, 0.15) is 18.4 Å². The number of hydrogen-bond donors (Lipinski definition) is 2. The molecule has 1 amide bonds. The predicted molar refractivity (Wildman–Crippen MR) is 66.1 cm³/mol. The van der Waals surface area contributed by atoms with Gasteiger partial charge in [-0.25, -0.2) is 0 Å². The normalized spacial score (nSPS) is 19.5. The molecule has 2 N–H and O–H groups in total. The number of hydrogen-bond acceptors (Lipinski definition) is 2. The van der Waals surface area contributed by atoms with Gasteiger partial charge in [-0.15, -0.1) is 0 Å². The highest BCUT2D eigenvalue weighted by molar-refractivity contribution is 6.33. The van der Waals surface area contributed by atoms with Gasteiger partial charge in [-0.1, -0.05) is 11.6 Å². The molecule has 1 fully saturated rings. The van der Waals surface area contributed by atoms with Gasteiger partial charge in [0.25, 0.3) is 0 Å². The Labute approximate surface area is 113 Å². The van der Waals surface area contributed by atoms with E-state index < -0.39 is 11.7 Å². The van der Waals surface area contributed by atoms with Crippen LogP contribution >= 0.6 is 11.6 Å². The highest BCUT2D eigenvalue weighted by Crippen LogP contribution is 2.33. The summed E-state index contributed by atoms with van der Waals surface area (Å²) < 4.78 is 37.4. The van der Waals surface area contributed by atoms with Crippen LogP contribution in [0.2, 0.25) is 5.02 Å². The largest absolute Gasteiger partial charge is 0.416 e. The SMILES string of the molecule is O=C(Nc1ccc(C(F)(F)F)cc1Cl)[C@@H]1CCCN1. The van der Waals surface area contributed by atoms with Crippen LogP contribution in [0.15, 0.2) is 18.2 Å². The maximum atomic E-state index is 12.5. The first kappa shape index (κ1) is 14.1. The smallest absolute Gasteiger partial charge is 0.323 e. The molecule has 3 nitrogen and oxygen atoms in total. The molecule has 1 aromatic rings.